The smallest absolute Gasteiger partial charge is 0.870 e. The molecule has 12 unspecified atom stereocenters. The predicted molar refractivity (Wildman–Crippen MR) is 486 cm³/mol. The van der Waals surface area contributed by atoms with Crippen LogP contribution in [0.2, 0.25) is 0 Å². The molecule has 0 aromatic heterocycles. The van der Waals surface area contributed by atoms with Gasteiger partial charge in [-0.1, -0.05) is 124 Å². The van der Waals surface area contributed by atoms with Gasteiger partial charge in [0, 0.05) is 55.3 Å². The predicted octanol–water partition coefficient (Wildman–Crippen LogP) is 18.6. The molecule has 0 aliphatic heterocycles. The van der Waals surface area contributed by atoms with Crippen LogP contribution in [-0.2, 0) is 43.0 Å². The molecule has 0 amide bonds. The van der Waals surface area contributed by atoms with Crippen LogP contribution in [0.15, 0.2) is 11.6 Å². The molecule has 16 aliphatic carbocycles. The number of rotatable bonds is 19. The summed E-state index contributed by atoms with van der Waals surface area (Å²) in [6.07, 6.45) is 38.3. The van der Waals surface area contributed by atoms with Crippen LogP contribution in [0.5, 0.6) is 0 Å². The van der Waals surface area contributed by atoms with Gasteiger partial charge in [0.05, 0.1) is 44.7 Å². The van der Waals surface area contributed by atoms with Gasteiger partial charge in [-0.2, -0.15) is 0 Å². The van der Waals surface area contributed by atoms with E-state index in [2.05, 4.69) is 110 Å². The van der Waals surface area contributed by atoms with Crippen LogP contribution in [0.3, 0.4) is 0 Å². The maximum absolute atomic E-state index is 14.0. The molecule has 40 atom stereocenters. The van der Waals surface area contributed by atoms with Gasteiger partial charge in [0.15, 0.2) is 5.78 Å². The van der Waals surface area contributed by atoms with Crippen molar-refractivity contribution in [3.63, 3.8) is 0 Å². The summed E-state index contributed by atoms with van der Waals surface area (Å²) in [6.45, 7) is 37.3. The van der Waals surface area contributed by atoms with Crippen molar-refractivity contribution in [2.45, 2.75) is 399 Å². The van der Waals surface area contributed by atoms with Gasteiger partial charge in [0.1, 0.15) is 11.6 Å². The van der Waals surface area contributed by atoms with Gasteiger partial charge < -0.3 is 50.7 Å². The number of hydrogen-bond donors (Lipinski definition) is 7. The molecule has 708 valence electrons. The Hall–Kier alpha value is -2.61. The van der Waals surface area contributed by atoms with Crippen LogP contribution in [0.4, 0.5) is 0 Å². The number of carbonyl (C=O) groups excluding carboxylic acids is 5. The van der Waals surface area contributed by atoms with Gasteiger partial charge in [-0.25, -0.2) is 0 Å². The van der Waals surface area contributed by atoms with E-state index in [4.69, 9.17) is 19.7 Å². The molecule has 18 heteroatoms. The van der Waals surface area contributed by atoms with Crippen molar-refractivity contribution in [2.24, 2.45) is 203 Å². The Kier molecular flexibility index (Phi) is 34.2. The first-order chi connectivity index (χ1) is 57.6. The zero-order chi connectivity index (χ0) is 88.8. The number of hydrogen-bond acceptors (Lipinski definition) is 15. The number of ether oxygens (including phenoxy) is 2. The van der Waals surface area contributed by atoms with Crippen LogP contribution in [0.25, 0.3) is 0 Å². The SMILES string of the molecule is C.CC=C1C(=O)C2C(CC[C@]3(C)C([C@H](C)CCC(=O)OC)CC[C@@H]23)[C@@]2(C)CC[C@@H](O)C[C@@H]12.CC[C@H]1C(=O)C2C(CC[C@]3(C)C([C@H](C)CCC(=O)O)CC[C@@H]23)[C@@]2(C)CC[C@@H](O)C[C@@H]12.CC[C@H]1C(=O)C2C(CC[C@]3(C)C([C@H](C)CCC(=O)OC)CC[C@@H]23)[C@@]2(C)CC[C@@H](O)C[C@@H]12.CC[C@H]1[C@@H](O)C2C(CC[C@]3(C)C([C@H](C)CCC(=O)O)CC[C@@H]23)[C@@]2(C)CC[C@@H](O)C[C@@H]12.[Na+].[OH-]. The molecule has 17 nitrogen and oxygen atoms in total. The molecular weight excluding hydrogens is 1580 g/mol. The molecule has 0 spiro atoms. The molecule has 8 N–H and O–H groups in total. The number of Topliss-reactive ketones (excluding diaryl/α,β-unsaturated/α-hetero) is 3. The van der Waals surface area contributed by atoms with Crippen LogP contribution in [-0.4, -0.2) is 127 Å². The Balaban J connectivity index is 0.000000173. The normalized spacial score (nSPS) is 47.6. The molecule has 125 heavy (non-hydrogen) atoms. The first-order valence-electron chi connectivity index (χ1n) is 50.9. The summed E-state index contributed by atoms with van der Waals surface area (Å²) in [5.41, 5.74) is 2.58. The Morgan fingerprint density at radius 1 is 0.384 bits per heavy atom. The van der Waals surface area contributed by atoms with Crippen molar-refractivity contribution >= 4 is 41.2 Å². The maximum Gasteiger partial charge on any atom is 1.00 e. The summed E-state index contributed by atoms with van der Waals surface area (Å²) in [4.78, 5) is 87.4. The summed E-state index contributed by atoms with van der Waals surface area (Å²) in [6, 6.07) is 0. The zero-order valence-corrected chi connectivity index (χ0v) is 82.9. The van der Waals surface area contributed by atoms with Crippen molar-refractivity contribution in [1.29, 1.82) is 0 Å². The number of carboxylic acid groups (broad SMARTS) is 2. The first kappa shape index (κ1) is 104. The van der Waals surface area contributed by atoms with Gasteiger partial charge >= 0.3 is 53.4 Å². The Morgan fingerprint density at radius 2 is 0.672 bits per heavy atom. The van der Waals surface area contributed by atoms with E-state index in [0.29, 0.717) is 154 Å². The topological polar surface area (TPSA) is 310 Å². The average Bonchev–Trinajstić information content (AvgIpc) is 1.70. The third kappa shape index (κ3) is 18.6. The Labute approximate surface area is 777 Å². The summed E-state index contributed by atoms with van der Waals surface area (Å²) < 4.78 is 9.74. The number of methoxy groups -OCH3 is 2. The van der Waals surface area contributed by atoms with Crippen LogP contribution < -0.4 is 29.6 Å². The third-order valence-electron chi connectivity index (χ3n) is 43.1. The third-order valence-corrected chi connectivity index (χ3v) is 43.1. The van der Waals surface area contributed by atoms with Gasteiger partial charge in [0.25, 0.3) is 0 Å². The monoisotopic (exact) mass is 1760 g/mol. The van der Waals surface area contributed by atoms with E-state index >= 15 is 0 Å². The van der Waals surface area contributed by atoms with Crippen LogP contribution in [0, 0.1) is 203 Å². The number of aliphatic carboxylic acids is 2. The van der Waals surface area contributed by atoms with E-state index in [9.17, 15) is 59.1 Å². The fraction of sp³-hybridized carbons (Fsp3) is 0.916. The number of fused-ring (bicyclic) bond motifs is 20. The van der Waals surface area contributed by atoms with Gasteiger partial charge in [0.2, 0.25) is 0 Å². The second-order valence-electron chi connectivity index (χ2n) is 47.5. The molecule has 0 saturated heterocycles. The van der Waals surface area contributed by atoms with E-state index in [-0.39, 0.29) is 177 Å². The molecule has 16 aliphatic rings. The van der Waals surface area contributed by atoms with Crippen molar-refractivity contribution in [3.05, 3.63) is 11.6 Å². The zero-order valence-electron chi connectivity index (χ0n) is 80.9. The number of esters is 2. The van der Waals surface area contributed by atoms with Crippen molar-refractivity contribution in [2.75, 3.05) is 14.2 Å². The standard InChI is InChI=1S/C27H44O4.C27H42O4.C26H44O4.C26H42O4.CH4.Na.H2O/c2*1-6-18-22-15-17(28)11-13-27(22,4)21-12-14-26(3)19(16(2)7-10-23(29)31-5)8-9-20(26)24(21)25(18)30;2*1-5-17-21-14-16(27)10-12-26(21,4)20-11-13-25(3)18(15(2)6-9-22(28)29)7-8-19(25)23(20)24(17)30;;;/h16-22,24,28H,6-15H2,1-5H3;6,16-17,19-22,24,28H,7-15H2,1-5H3;15-21,23-24,27,30H,5-14H2,1-4H3,(H,28,29);15-21,23,27H,5-14H2,1-4H3,(H,28,29);1H4;;1H2/q;;;;;+1;/p-1/t16-,17-,18-,19?,20+,21?,22+,24?,26-,27-;16-,17-,19?,20+,21?,22+,24?,26-,27-;15-,16-,17-,18?,19+,20?,21+,23?,24-,25-,26-;15-,16-,17-,18?,19+,20?,21+,23?,25-,26-;;;/m1111.../s1. The van der Waals surface area contributed by atoms with Gasteiger partial charge in [-0.15, -0.1) is 0 Å². The Morgan fingerprint density at radius 3 is 1.02 bits per heavy atom. The number of allylic oxidation sites excluding steroid dienone is 2. The number of carbonyl (C=O) groups is 7. The second kappa shape index (κ2) is 40.9. The quantitative estimate of drug-likeness (QED) is 0.0359. The van der Waals surface area contributed by atoms with E-state index in [1.807, 2.05) is 6.92 Å². The molecule has 16 rings (SSSR count). The molecule has 16 saturated carbocycles. The van der Waals surface area contributed by atoms with E-state index in [0.717, 1.165) is 173 Å². The first-order valence-corrected chi connectivity index (χ1v) is 50.9. The fourth-order valence-corrected chi connectivity index (χ4v) is 36.7. The number of ketones is 3. The van der Waals surface area contributed by atoms with E-state index in [1.165, 1.54) is 72.0 Å². The molecule has 0 bridgehead atoms. The maximum atomic E-state index is 14.0. The van der Waals surface area contributed by atoms with Gasteiger partial charge in [-0.3, -0.25) is 33.6 Å². The van der Waals surface area contributed by atoms with Gasteiger partial charge in [-0.05, 0) is 404 Å². The summed E-state index contributed by atoms with van der Waals surface area (Å²) in [7, 11) is 2.94. The second-order valence-corrected chi connectivity index (χ2v) is 47.5. The molecule has 0 aromatic carbocycles. The van der Waals surface area contributed by atoms with E-state index in [1.54, 1.807) is 0 Å². The Bertz CT molecular complexity index is 3750. The molecule has 16 fully saturated rings. The molecule has 0 aromatic rings. The van der Waals surface area contributed by atoms with Crippen molar-refractivity contribution in [3.8, 4) is 0 Å². The molecule has 0 heterocycles. The largest absolute Gasteiger partial charge is 1.00 e. The minimum Gasteiger partial charge on any atom is -0.870 e. The van der Waals surface area contributed by atoms with Crippen LogP contribution in [0.1, 0.15) is 369 Å². The number of aliphatic hydroxyl groups is 5. The van der Waals surface area contributed by atoms with Crippen molar-refractivity contribution in [1.82, 2.24) is 0 Å². The summed E-state index contributed by atoms with van der Waals surface area (Å²) >= 11 is 0. The van der Waals surface area contributed by atoms with Crippen molar-refractivity contribution < 1.29 is 114 Å². The average molecular weight is 1760 g/mol. The molecular formula is C107H177NaO17. The van der Waals surface area contributed by atoms with E-state index < -0.39 is 11.9 Å². The van der Waals surface area contributed by atoms with Crippen LogP contribution >= 0.6 is 0 Å². The fourth-order valence-electron chi connectivity index (χ4n) is 36.7. The minimum atomic E-state index is -0.697. The number of carboxylic acids is 2. The number of aliphatic hydroxyl groups excluding tert-OH is 5. The minimum absolute atomic E-state index is 0. The summed E-state index contributed by atoms with van der Waals surface area (Å²) in [5.74, 6) is 10.6. The summed E-state index contributed by atoms with van der Waals surface area (Å²) in [5, 5.41) is 71.6. The molecule has 0 radical (unpaired) electrons.